The molecular weight excluding hydrogens is 449 g/mol. The molecule has 0 aliphatic heterocycles. The highest BCUT2D eigenvalue weighted by atomic mass is 32.1. The van der Waals surface area contributed by atoms with Crippen molar-refractivity contribution in [3.05, 3.63) is 70.2 Å². The molecule has 32 heavy (non-hydrogen) atoms. The van der Waals surface area contributed by atoms with Gasteiger partial charge in [-0.1, -0.05) is 23.5 Å². The van der Waals surface area contributed by atoms with E-state index in [0.717, 1.165) is 23.5 Å². The second-order valence-electron chi connectivity index (χ2n) is 6.49. The minimum absolute atomic E-state index is 0.0186. The summed E-state index contributed by atoms with van der Waals surface area (Å²) in [6.07, 6.45) is -4.57. The molecule has 1 unspecified atom stereocenters. The van der Waals surface area contributed by atoms with E-state index in [4.69, 9.17) is 14.6 Å². The molecule has 0 aliphatic carbocycles. The number of nitrogens with one attached hydrogen (secondary N) is 1. The van der Waals surface area contributed by atoms with E-state index in [9.17, 15) is 23.1 Å². The normalized spacial score (nSPS) is 12.3. The van der Waals surface area contributed by atoms with Crippen LogP contribution in [0.1, 0.15) is 32.5 Å². The Morgan fingerprint density at radius 2 is 2.00 bits per heavy atom. The van der Waals surface area contributed by atoms with Gasteiger partial charge in [-0.3, -0.25) is 10.1 Å². The van der Waals surface area contributed by atoms with Crippen LogP contribution in [0.25, 0.3) is 0 Å². The van der Waals surface area contributed by atoms with Crippen LogP contribution in [0.3, 0.4) is 0 Å². The lowest BCUT2D eigenvalue weighted by Crippen LogP contribution is -2.12. The average molecular weight is 468 g/mol. The standard InChI is InChI=1S/C21H19F3N2O5S/c1-30-15-6-5-13(10-16(15)31-8-7-27)19(29)26-20-25-11-17(32-20)18(28)12-3-2-4-14(9-12)21(22,23)24/h2-6,9-11,18,27-28H,7-8H2,1H3,(H,25,26,29). The van der Waals surface area contributed by atoms with E-state index < -0.39 is 23.8 Å². The number of aliphatic hydroxyl groups is 2. The number of carbonyl (C=O) groups excluding carboxylic acids is 1. The molecule has 2 aromatic carbocycles. The number of hydrogen-bond donors (Lipinski definition) is 3. The van der Waals surface area contributed by atoms with Crippen molar-refractivity contribution in [2.75, 3.05) is 25.6 Å². The van der Waals surface area contributed by atoms with Gasteiger partial charge in [-0.25, -0.2) is 4.98 Å². The van der Waals surface area contributed by atoms with Gasteiger partial charge >= 0.3 is 6.18 Å². The first-order valence-corrected chi connectivity index (χ1v) is 10.1. The van der Waals surface area contributed by atoms with E-state index in [1.54, 1.807) is 0 Å². The van der Waals surface area contributed by atoms with Crippen LogP contribution < -0.4 is 14.8 Å². The quantitative estimate of drug-likeness (QED) is 0.464. The number of alkyl halides is 3. The van der Waals surface area contributed by atoms with E-state index in [2.05, 4.69) is 10.3 Å². The van der Waals surface area contributed by atoms with Gasteiger partial charge in [0.25, 0.3) is 5.91 Å². The maximum Gasteiger partial charge on any atom is 0.416 e. The molecular formula is C21H19F3N2O5S. The third-order valence-corrected chi connectivity index (χ3v) is 5.28. The van der Waals surface area contributed by atoms with Gasteiger partial charge in [-0.2, -0.15) is 13.2 Å². The highest BCUT2D eigenvalue weighted by Crippen LogP contribution is 2.34. The van der Waals surface area contributed by atoms with Crippen molar-refractivity contribution < 1.29 is 37.7 Å². The number of halogens is 3. The lowest BCUT2D eigenvalue weighted by molar-refractivity contribution is -0.137. The summed E-state index contributed by atoms with van der Waals surface area (Å²) < 4.78 is 49.3. The number of methoxy groups -OCH3 is 1. The summed E-state index contributed by atoms with van der Waals surface area (Å²) in [6, 6.07) is 8.86. The molecule has 0 radical (unpaired) electrons. The summed E-state index contributed by atoms with van der Waals surface area (Å²) in [7, 11) is 1.44. The van der Waals surface area contributed by atoms with Gasteiger partial charge in [0.2, 0.25) is 0 Å². The summed E-state index contributed by atoms with van der Waals surface area (Å²) in [5.41, 5.74) is -0.582. The molecule has 1 aromatic heterocycles. The molecule has 3 N–H and O–H groups in total. The Hall–Kier alpha value is -3.15. The van der Waals surface area contributed by atoms with Gasteiger partial charge in [-0.05, 0) is 35.9 Å². The molecule has 0 saturated carbocycles. The van der Waals surface area contributed by atoms with Gasteiger partial charge < -0.3 is 19.7 Å². The van der Waals surface area contributed by atoms with E-state index >= 15 is 0 Å². The number of anilines is 1. The van der Waals surface area contributed by atoms with Crippen LogP contribution in [-0.4, -0.2) is 41.4 Å². The molecule has 0 saturated heterocycles. The van der Waals surface area contributed by atoms with Crippen molar-refractivity contribution in [3.63, 3.8) is 0 Å². The van der Waals surface area contributed by atoms with Crippen LogP contribution in [0.4, 0.5) is 18.3 Å². The van der Waals surface area contributed by atoms with Crippen LogP contribution in [0, 0.1) is 0 Å². The zero-order valence-electron chi connectivity index (χ0n) is 16.7. The fourth-order valence-corrected chi connectivity index (χ4v) is 3.60. The Labute approximate surface area is 185 Å². The number of aromatic nitrogens is 1. The predicted molar refractivity (Wildman–Crippen MR) is 111 cm³/mol. The summed E-state index contributed by atoms with van der Waals surface area (Å²) in [5.74, 6) is 0.140. The van der Waals surface area contributed by atoms with Gasteiger partial charge in [0.15, 0.2) is 16.6 Å². The molecule has 1 heterocycles. The first kappa shape index (κ1) is 23.5. The minimum atomic E-state index is -4.53. The summed E-state index contributed by atoms with van der Waals surface area (Å²) >= 11 is 0.935. The summed E-state index contributed by atoms with van der Waals surface area (Å²) in [4.78, 5) is 16.9. The fourth-order valence-electron chi connectivity index (χ4n) is 2.78. The van der Waals surface area contributed by atoms with Crippen molar-refractivity contribution in [1.82, 2.24) is 4.98 Å². The van der Waals surface area contributed by atoms with Crippen LogP contribution in [0.2, 0.25) is 0 Å². The Kier molecular flexibility index (Phi) is 7.33. The molecule has 1 amide bonds. The fraction of sp³-hybridized carbons (Fsp3) is 0.238. The monoisotopic (exact) mass is 468 g/mol. The Morgan fingerprint density at radius 1 is 1.22 bits per heavy atom. The van der Waals surface area contributed by atoms with E-state index in [1.165, 1.54) is 43.6 Å². The Bertz CT molecular complexity index is 1090. The minimum Gasteiger partial charge on any atom is -0.493 e. The molecule has 0 fully saturated rings. The number of benzene rings is 2. The van der Waals surface area contributed by atoms with Gasteiger partial charge in [-0.15, -0.1) is 0 Å². The lowest BCUT2D eigenvalue weighted by Gasteiger charge is -2.12. The van der Waals surface area contributed by atoms with Crippen LogP contribution in [0.5, 0.6) is 11.5 Å². The second-order valence-corrected chi connectivity index (χ2v) is 7.55. The molecule has 11 heteroatoms. The van der Waals surface area contributed by atoms with E-state index in [-0.39, 0.29) is 40.1 Å². The number of thiazole rings is 1. The lowest BCUT2D eigenvalue weighted by atomic mass is 10.1. The Balaban J connectivity index is 1.74. The van der Waals surface area contributed by atoms with E-state index in [1.807, 2.05) is 0 Å². The first-order valence-electron chi connectivity index (χ1n) is 9.27. The molecule has 7 nitrogen and oxygen atoms in total. The Morgan fingerprint density at radius 3 is 2.69 bits per heavy atom. The number of nitrogens with zero attached hydrogens (tertiary/aromatic N) is 1. The zero-order valence-corrected chi connectivity index (χ0v) is 17.5. The van der Waals surface area contributed by atoms with Gasteiger partial charge in [0.05, 0.1) is 24.2 Å². The highest BCUT2D eigenvalue weighted by molar-refractivity contribution is 7.15. The van der Waals surface area contributed by atoms with Crippen molar-refractivity contribution in [1.29, 1.82) is 0 Å². The van der Waals surface area contributed by atoms with Crippen molar-refractivity contribution in [2.24, 2.45) is 0 Å². The van der Waals surface area contributed by atoms with Crippen molar-refractivity contribution >= 4 is 22.4 Å². The van der Waals surface area contributed by atoms with Crippen LogP contribution in [-0.2, 0) is 6.18 Å². The number of rotatable bonds is 8. The summed E-state index contributed by atoms with van der Waals surface area (Å²) in [5, 5.41) is 22.1. The average Bonchev–Trinajstić information content (AvgIpc) is 3.24. The smallest absolute Gasteiger partial charge is 0.416 e. The highest BCUT2D eigenvalue weighted by Gasteiger charge is 2.31. The van der Waals surface area contributed by atoms with Crippen molar-refractivity contribution in [3.8, 4) is 11.5 Å². The van der Waals surface area contributed by atoms with Gasteiger partial charge in [0, 0.05) is 11.8 Å². The van der Waals surface area contributed by atoms with Crippen LogP contribution >= 0.6 is 11.3 Å². The van der Waals surface area contributed by atoms with Crippen LogP contribution in [0.15, 0.2) is 48.7 Å². The van der Waals surface area contributed by atoms with E-state index in [0.29, 0.717) is 5.75 Å². The predicted octanol–water partition coefficient (Wildman–Crippen LogP) is 3.88. The maximum absolute atomic E-state index is 12.9. The zero-order chi connectivity index (χ0) is 23.3. The third kappa shape index (κ3) is 5.55. The molecule has 0 bridgehead atoms. The van der Waals surface area contributed by atoms with Crippen molar-refractivity contribution in [2.45, 2.75) is 12.3 Å². The summed E-state index contributed by atoms with van der Waals surface area (Å²) in [6.45, 7) is -0.194. The molecule has 0 spiro atoms. The number of amides is 1. The molecule has 170 valence electrons. The number of aliphatic hydroxyl groups excluding tert-OH is 2. The largest absolute Gasteiger partial charge is 0.493 e. The number of hydrogen-bond acceptors (Lipinski definition) is 7. The maximum atomic E-state index is 12.9. The first-order chi connectivity index (χ1) is 15.2. The molecule has 3 aromatic rings. The van der Waals surface area contributed by atoms with Gasteiger partial charge in [0.1, 0.15) is 12.7 Å². The molecule has 0 aliphatic rings. The second kappa shape index (κ2) is 9.98. The molecule has 3 rings (SSSR count). The SMILES string of the molecule is COc1ccc(C(=O)Nc2ncc(C(O)c3cccc(C(F)(F)F)c3)s2)cc1OCCO. The topological polar surface area (TPSA) is 101 Å². The third-order valence-electron chi connectivity index (χ3n) is 4.32. The number of carbonyl (C=O) groups is 1. The number of ether oxygens (including phenoxy) is 2. The molecule has 1 atom stereocenters.